The maximum Gasteiger partial charge on any atom is 0.285 e. The molecule has 0 aliphatic rings. The van der Waals surface area contributed by atoms with Crippen LogP contribution in [-0.2, 0) is 13.1 Å². The summed E-state index contributed by atoms with van der Waals surface area (Å²) in [7, 11) is 0. The number of hydrogen-bond acceptors (Lipinski definition) is 5. The van der Waals surface area contributed by atoms with Crippen molar-refractivity contribution in [3.05, 3.63) is 86.4 Å². The molecular formula is C19H17N5O2S. The summed E-state index contributed by atoms with van der Waals surface area (Å²) in [5.41, 5.74) is 2.83. The van der Waals surface area contributed by atoms with Crippen LogP contribution in [-0.4, -0.2) is 30.4 Å². The number of nitrogens with one attached hydrogen (secondary N) is 1. The van der Waals surface area contributed by atoms with Crippen LogP contribution in [0.2, 0.25) is 0 Å². The van der Waals surface area contributed by atoms with E-state index in [1.54, 1.807) is 34.7 Å². The normalized spacial score (nSPS) is 11.0. The van der Waals surface area contributed by atoms with E-state index in [2.05, 4.69) is 15.1 Å². The number of nitrogens with zero attached hydrogens (tertiary/aromatic N) is 4. The number of rotatable bonds is 5. The molecule has 0 aliphatic heterocycles. The first-order chi connectivity index (χ1) is 13.1. The van der Waals surface area contributed by atoms with Crippen molar-refractivity contribution in [1.82, 2.24) is 24.5 Å². The van der Waals surface area contributed by atoms with Crippen molar-refractivity contribution in [2.75, 3.05) is 0 Å². The number of pyridine rings is 1. The number of thiophene rings is 1. The molecular weight excluding hydrogens is 362 g/mol. The van der Waals surface area contributed by atoms with Gasteiger partial charge in [0, 0.05) is 43.4 Å². The van der Waals surface area contributed by atoms with Gasteiger partial charge >= 0.3 is 0 Å². The van der Waals surface area contributed by atoms with Gasteiger partial charge in [0.2, 0.25) is 0 Å². The lowest BCUT2D eigenvalue weighted by atomic mass is 10.2. The van der Waals surface area contributed by atoms with Crippen LogP contribution >= 0.6 is 11.3 Å². The molecule has 0 unspecified atom stereocenters. The highest BCUT2D eigenvalue weighted by Gasteiger charge is 2.22. The fraction of sp³-hybridized carbons (Fsp3) is 0.158. The van der Waals surface area contributed by atoms with E-state index < -0.39 is 5.56 Å². The third-order valence-electron chi connectivity index (χ3n) is 4.19. The second-order valence-electron chi connectivity index (χ2n) is 6.26. The Balaban J connectivity index is 1.71. The molecule has 4 heterocycles. The zero-order chi connectivity index (χ0) is 18.8. The lowest BCUT2D eigenvalue weighted by molar-refractivity contribution is 0.0727. The average molecular weight is 379 g/mol. The molecule has 136 valence electrons. The number of aryl methyl sites for hydroxylation is 1. The third kappa shape index (κ3) is 3.52. The van der Waals surface area contributed by atoms with E-state index in [4.69, 9.17) is 0 Å². The summed E-state index contributed by atoms with van der Waals surface area (Å²) in [4.78, 5) is 36.0. The topological polar surface area (TPSA) is 83.4 Å². The molecule has 0 saturated heterocycles. The van der Waals surface area contributed by atoms with Crippen LogP contribution in [0.3, 0.4) is 0 Å². The summed E-state index contributed by atoms with van der Waals surface area (Å²) >= 11 is 1.57. The molecule has 0 spiro atoms. The van der Waals surface area contributed by atoms with Crippen LogP contribution in [0.5, 0.6) is 0 Å². The summed E-state index contributed by atoms with van der Waals surface area (Å²) in [5, 5.41) is 6.88. The zero-order valence-electron chi connectivity index (χ0n) is 14.6. The van der Waals surface area contributed by atoms with Gasteiger partial charge in [-0.05, 0) is 40.9 Å². The van der Waals surface area contributed by atoms with E-state index in [-0.39, 0.29) is 11.5 Å². The molecule has 7 nitrogen and oxygen atoms in total. The minimum atomic E-state index is -0.403. The molecule has 0 atom stereocenters. The van der Waals surface area contributed by atoms with Gasteiger partial charge in [-0.15, -0.1) is 0 Å². The maximum absolute atomic E-state index is 13.2. The standard InChI is InChI=1S/C19H17N5O2S/c1-13-7-17-21-9-16(19(26)24(17)22-13)18(25)23(11-15-4-6-27-12-15)10-14-3-2-5-20-8-14/h2-9,12,22H,10-11H2,1H3. The second-order valence-corrected chi connectivity index (χ2v) is 7.04. The molecule has 4 aromatic heterocycles. The largest absolute Gasteiger partial charge is 0.330 e. The maximum atomic E-state index is 13.2. The van der Waals surface area contributed by atoms with Gasteiger partial charge < -0.3 is 4.90 Å². The first kappa shape index (κ1) is 17.2. The van der Waals surface area contributed by atoms with Gasteiger partial charge in [-0.25, -0.2) is 9.50 Å². The Morgan fingerprint density at radius 2 is 2.11 bits per heavy atom. The van der Waals surface area contributed by atoms with E-state index in [1.165, 1.54) is 10.7 Å². The number of amides is 1. The molecule has 0 bridgehead atoms. The van der Waals surface area contributed by atoms with E-state index in [9.17, 15) is 9.59 Å². The molecule has 0 radical (unpaired) electrons. The number of carbonyl (C=O) groups is 1. The number of hydrogen-bond donors (Lipinski definition) is 1. The van der Waals surface area contributed by atoms with Gasteiger partial charge in [-0.2, -0.15) is 11.3 Å². The van der Waals surface area contributed by atoms with Crippen LogP contribution in [0.1, 0.15) is 27.2 Å². The van der Waals surface area contributed by atoms with E-state index >= 15 is 0 Å². The molecule has 27 heavy (non-hydrogen) atoms. The Morgan fingerprint density at radius 1 is 1.26 bits per heavy atom. The smallest absolute Gasteiger partial charge is 0.285 e. The fourth-order valence-electron chi connectivity index (χ4n) is 2.91. The van der Waals surface area contributed by atoms with Gasteiger partial charge in [-0.1, -0.05) is 6.07 Å². The van der Waals surface area contributed by atoms with Crippen LogP contribution in [0.25, 0.3) is 5.65 Å². The average Bonchev–Trinajstić information content (AvgIpc) is 3.31. The van der Waals surface area contributed by atoms with Crippen LogP contribution in [0, 0.1) is 6.92 Å². The van der Waals surface area contributed by atoms with Crippen LogP contribution in [0.15, 0.2) is 58.4 Å². The summed E-state index contributed by atoms with van der Waals surface area (Å²) in [5.74, 6) is -0.357. The molecule has 0 aromatic carbocycles. The minimum absolute atomic E-state index is 0.0356. The highest BCUT2D eigenvalue weighted by molar-refractivity contribution is 7.07. The molecule has 1 amide bonds. The highest BCUT2D eigenvalue weighted by atomic mass is 32.1. The lowest BCUT2D eigenvalue weighted by Gasteiger charge is -2.22. The monoisotopic (exact) mass is 379 g/mol. The Bertz CT molecular complexity index is 1130. The summed E-state index contributed by atoms with van der Waals surface area (Å²) < 4.78 is 1.30. The molecule has 4 rings (SSSR count). The van der Waals surface area contributed by atoms with Gasteiger partial charge in [-0.3, -0.25) is 19.7 Å². The molecule has 1 N–H and O–H groups in total. The molecule has 4 aromatic rings. The van der Waals surface area contributed by atoms with Crippen molar-refractivity contribution in [3.63, 3.8) is 0 Å². The van der Waals surface area contributed by atoms with Crippen molar-refractivity contribution < 1.29 is 4.79 Å². The first-order valence-electron chi connectivity index (χ1n) is 8.38. The van der Waals surface area contributed by atoms with Crippen molar-refractivity contribution >= 4 is 22.9 Å². The summed E-state index contributed by atoms with van der Waals surface area (Å²) in [6.07, 6.45) is 4.76. The van der Waals surface area contributed by atoms with Gasteiger partial charge in [0.1, 0.15) is 5.56 Å². The number of H-pyrrole nitrogens is 1. The quantitative estimate of drug-likeness (QED) is 0.578. The highest BCUT2D eigenvalue weighted by Crippen LogP contribution is 2.15. The van der Waals surface area contributed by atoms with Gasteiger partial charge in [0.05, 0.1) is 0 Å². The van der Waals surface area contributed by atoms with Crippen molar-refractivity contribution in [2.24, 2.45) is 0 Å². The number of fused-ring (bicyclic) bond motifs is 1. The Morgan fingerprint density at radius 3 is 2.85 bits per heavy atom. The van der Waals surface area contributed by atoms with Crippen molar-refractivity contribution in [1.29, 1.82) is 0 Å². The van der Waals surface area contributed by atoms with E-state index in [1.807, 2.05) is 35.9 Å². The molecule has 0 fully saturated rings. The third-order valence-corrected chi connectivity index (χ3v) is 4.92. The fourth-order valence-corrected chi connectivity index (χ4v) is 3.57. The van der Waals surface area contributed by atoms with Crippen LogP contribution < -0.4 is 5.56 Å². The Labute approximate surface area is 158 Å². The van der Waals surface area contributed by atoms with Gasteiger partial charge in [0.25, 0.3) is 11.5 Å². The van der Waals surface area contributed by atoms with Crippen molar-refractivity contribution in [3.8, 4) is 0 Å². The Kier molecular flexibility index (Phi) is 4.55. The SMILES string of the molecule is Cc1cc2ncc(C(=O)N(Cc3cccnc3)Cc3ccsc3)c(=O)n2[nH]1. The zero-order valence-corrected chi connectivity index (χ0v) is 15.4. The summed E-state index contributed by atoms with van der Waals surface area (Å²) in [6.45, 7) is 2.60. The number of aromatic amines is 1. The Hall–Kier alpha value is -3.26. The van der Waals surface area contributed by atoms with Crippen LogP contribution in [0.4, 0.5) is 0 Å². The molecule has 0 saturated carbocycles. The van der Waals surface area contributed by atoms with Crippen molar-refractivity contribution in [2.45, 2.75) is 20.0 Å². The number of carbonyl (C=O) groups excluding carboxylic acids is 1. The van der Waals surface area contributed by atoms with Gasteiger partial charge in [0.15, 0.2) is 5.65 Å². The molecule has 8 heteroatoms. The predicted octanol–water partition coefficient (Wildman–Crippen LogP) is 2.63. The van der Waals surface area contributed by atoms with E-state index in [0.29, 0.717) is 18.7 Å². The second kappa shape index (κ2) is 7.16. The lowest BCUT2D eigenvalue weighted by Crippen LogP contribution is -2.35. The van der Waals surface area contributed by atoms with E-state index in [0.717, 1.165) is 16.8 Å². The summed E-state index contributed by atoms with van der Waals surface area (Å²) in [6, 6.07) is 7.46. The first-order valence-corrected chi connectivity index (χ1v) is 9.33. The molecule has 0 aliphatic carbocycles. The number of aromatic nitrogens is 4. The predicted molar refractivity (Wildman–Crippen MR) is 103 cm³/mol. The minimum Gasteiger partial charge on any atom is -0.330 e.